The molecule has 0 amide bonds. The zero-order chi connectivity index (χ0) is 9.26. The molecule has 2 rings (SSSR count). The van der Waals surface area contributed by atoms with Gasteiger partial charge in [-0.2, -0.15) is 5.10 Å². The van der Waals surface area contributed by atoms with Crippen molar-refractivity contribution < 1.29 is 0 Å². The number of hydrogen-bond acceptors (Lipinski definition) is 1. The largest absolute Gasteiger partial charge is 0.285 e. The highest BCUT2D eigenvalue weighted by molar-refractivity contribution is 9.10. The van der Waals surface area contributed by atoms with Gasteiger partial charge in [-0.05, 0) is 23.8 Å². The molecule has 0 unspecified atom stereocenters. The maximum atomic E-state index is 5.91. The van der Waals surface area contributed by atoms with E-state index in [2.05, 4.69) is 26.1 Å². The van der Waals surface area contributed by atoms with Gasteiger partial charge in [0.15, 0.2) is 0 Å². The van der Waals surface area contributed by atoms with Crippen molar-refractivity contribution in [2.75, 3.05) is 0 Å². The van der Waals surface area contributed by atoms with Crippen LogP contribution in [-0.4, -0.2) is 10.2 Å². The molecule has 0 aliphatic carbocycles. The van der Waals surface area contributed by atoms with Gasteiger partial charge in [-0.3, -0.25) is 5.10 Å². The lowest BCUT2D eigenvalue weighted by Crippen LogP contribution is -1.74. The van der Waals surface area contributed by atoms with E-state index >= 15 is 0 Å². The van der Waals surface area contributed by atoms with Crippen LogP contribution in [0.5, 0.6) is 0 Å². The number of hydrogen-bond donors (Lipinski definition) is 1. The van der Waals surface area contributed by atoms with Gasteiger partial charge in [0, 0.05) is 21.3 Å². The Labute approximate surface area is 89.1 Å². The van der Waals surface area contributed by atoms with Gasteiger partial charge in [-0.15, -0.1) is 0 Å². The van der Waals surface area contributed by atoms with Gasteiger partial charge in [0.25, 0.3) is 0 Å². The fourth-order valence-electron chi connectivity index (χ4n) is 1.13. The van der Waals surface area contributed by atoms with E-state index in [1.54, 1.807) is 6.20 Å². The number of halogens is 2. The summed E-state index contributed by atoms with van der Waals surface area (Å²) >= 11 is 9.29. The number of H-pyrrole nitrogens is 1. The van der Waals surface area contributed by atoms with E-state index in [-0.39, 0.29) is 0 Å². The summed E-state index contributed by atoms with van der Waals surface area (Å²) in [5.41, 5.74) is 2.08. The van der Waals surface area contributed by atoms with Gasteiger partial charge >= 0.3 is 0 Å². The third-order valence-electron chi connectivity index (χ3n) is 1.69. The summed E-state index contributed by atoms with van der Waals surface area (Å²) in [7, 11) is 0. The third-order valence-corrected chi connectivity index (χ3v) is 2.37. The predicted molar refractivity (Wildman–Crippen MR) is 56.7 cm³/mol. The monoisotopic (exact) mass is 256 g/mol. The summed E-state index contributed by atoms with van der Waals surface area (Å²) in [4.78, 5) is 0. The van der Waals surface area contributed by atoms with Crippen molar-refractivity contribution in [1.82, 2.24) is 10.2 Å². The average Bonchev–Trinajstić information content (AvgIpc) is 2.53. The Morgan fingerprint density at radius 1 is 1.23 bits per heavy atom. The fraction of sp³-hybridized carbons (Fsp3) is 0. The fourth-order valence-corrected chi connectivity index (χ4v) is 1.99. The second-order valence-corrected chi connectivity index (χ2v) is 4.00. The molecule has 0 saturated heterocycles. The van der Waals surface area contributed by atoms with Gasteiger partial charge in [-0.25, -0.2) is 0 Å². The van der Waals surface area contributed by atoms with Crippen LogP contribution >= 0.6 is 27.5 Å². The summed E-state index contributed by atoms with van der Waals surface area (Å²) in [5, 5.41) is 7.35. The highest BCUT2D eigenvalue weighted by Crippen LogP contribution is 2.26. The number of aromatic nitrogens is 2. The normalized spacial score (nSPS) is 10.3. The van der Waals surface area contributed by atoms with Gasteiger partial charge in [0.05, 0.1) is 6.20 Å². The summed E-state index contributed by atoms with van der Waals surface area (Å²) in [6.45, 7) is 0. The molecule has 0 spiro atoms. The lowest BCUT2D eigenvalue weighted by molar-refractivity contribution is 1.09. The first-order valence-electron chi connectivity index (χ1n) is 3.71. The maximum Gasteiger partial charge on any atom is 0.0565 e. The molecule has 0 bridgehead atoms. The first-order chi connectivity index (χ1) is 6.25. The van der Waals surface area contributed by atoms with E-state index in [1.807, 2.05) is 24.4 Å². The number of rotatable bonds is 1. The van der Waals surface area contributed by atoms with Crippen LogP contribution in [-0.2, 0) is 0 Å². The van der Waals surface area contributed by atoms with Crippen molar-refractivity contribution >= 4 is 27.5 Å². The van der Waals surface area contributed by atoms with Gasteiger partial charge < -0.3 is 0 Å². The Hall–Kier alpha value is -0.800. The van der Waals surface area contributed by atoms with E-state index in [0.29, 0.717) is 5.02 Å². The van der Waals surface area contributed by atoms with Crippen LogP contribution in [0.15, 0.2) is 35.1 Å². The smallest absolute Gasteiger partial charge is 0.0565 e. The van der Waals surface area contributed by atoms with Crippen molar-refractivity contribution in [1.29, 1.82) is 0 Å². The summed E-state index contributed by atoms with van der Waals surface area (Å²) < 4.78 is 0.969. The Morgan fingerprint density at radius 3 is 2.69 bits per heavy atom. The molecule has 1 aromatic carbocycles. The maximum absolute atomic E-state index is 5.91. The number of nitrogens with zero attached hydrogens (tertiary/aromatic N) is 1. The molecule has 66 valence electrons. The minimum atomic E-state index is 0.713. The molecule has 1 aromatic heterocycles. The molecule has 2 nitrogen and oxygen atoms in total. The van der Waals surface area contributed by atoms with E-state index in [9.17, 15) is 0 Å². The zero-order valence-electron chi connectivity index (χ0n) is 6.59. The van der Waals surface area contributed by atoms with Crippen LogP contribution in [0.25, 0.3) is 11.1 Å². The van der Waals surface area contributed by atoms with Crippen LogP contribution in [0.4, 0.5) is 0 Å². The molecule has 1 heterocycles. The Balaban J connectivity index is 2.53. The molecule has 0 atom stereocenters. The van der Waals surface area contributed by atoms with Gasteiger partial charge in [0.1, 0.15) is 0 Å². The van der Waals surface area contributed by atoms with E-state index in [4.69, 9.17) is 11.6 Å². The third kappa shape index (κ3) is 1.92. The Kier molecular flexibility index (Phi) is 2.38. The molecular formula is C9H6BrClN2. The van der Waals surface area contributed by atoms with Crippen LogP contribution in [0.2, 0.25) is 5.02 Å². The van der Waals surface area contributed by atoms with Gasteiger partial charge in [0.2, 0.25) is 0 Å². The molecule has 0 saturated carbocycles. The Morgan fingerprint density at radius 2 is 2.08 bits per heavy atom. The van der Waals surface area contributed by atoms with Crippen molar-refractivity contribution in [3.8, 4) is 11.1 Å². The van der Waals surface area contributed by atoms with E-state index < -0.39 is 0 Å². The molecule has 2 aromatic rings. The molecule has 0 radical (unpaired) electrons. The lowest BCUT2D eigenvalue weighted by atomic mass is 10.1. The Bertz CT molecular complexity index is 391. The zero-order valence-corrected chi connectivity index (χ0v) is 8.93. The second kappa shape index (κ2) is 3.52. The minimum Gasteiger partial charge on any atom is -0.285 e. The van der Waals surface area contributed by atoms with Crippen molar-refractivity contribution in [3.05, 3.63) is 40.1 Å². The summed E-state index contributed by atoms with van der Waals surface area (Å²) in [6.07, 6.45) is 3.59. The van der Waals surface area contributed by atoms with Crippen LogP contribution in [0.1, 0.15) is 0 Å². The molecular weight excluding hydrogens is 251 g/mol. The van der Waals surface area contributed by atoms with Crippen molar-refractivity contribution in [2.24, 2.45) is 0 Å². The topological polar surface area (TPSA) is 28.7 Å². The first-order valence-corrected chi connectivity index (χ1v) is 4.88. The second-order valence-electron chi connectivity index (χ2n) is 2.65. The highest BCUT2D eigenvalue weighted by Gasteiger charge is 2.01. The molecule has 0 aliphatic rings. The molecule has 1 N–H and O–H groups in total. The number of aromatic amines is 1. The quantitative estimate of drug-likeness (QED) is 0.832. The summed E-state index contributed by atoms with van der Waals surface area (Å²) in [5.74, 6) is 0. The molecule has 13 heavy (non-hydrogen) atoms. The van der Waals surface area contributed by atoms with Crippen molar-refractivity contribution in [3.63, 3.8) is 0 Å². The SMILES string of the molecule is Clc1cc(Br)cc(-c2cn[nH]c2)c1. The number of benzene rings is 1. The standard InChI is InChI=1S/C9H6BrClN2/c10-8-1-6(2-9(11)3-8)7-4-12-13-5-7/h1-5H,(H,12,13). The van der Waals surface area contributed by atoms with Gasteiger partial charge in [-0.1, -0.05) is 27.5 Å². The summed E-state index contributed by atoms with van der Waals surface area (Å²) in [6, 6.07) is 5.75. The lowest BCUT2D eigenvalue weighted by Gasteiger charge is -1.99. The van der Waals surface area contributed by atoms with E-state index in [0.717, 1.165) is 15.6 Å². The first kappa shape index (κ1) is 8.78. The van der Waals surface area contributed by atoms with Crippen LogP contribution < -0.4 is 0 Å². The van der Waals surface area contributed by atoms with Crippen LogP contribution in [0, 0.1) is 0 Å². The van der Waals surface area contributed by atoms with Crippen molar-refractivity contribution in [2.45, 2.75) is 0 Å². The highest BCUT2D eigenvalue weighted by atomic mass is 79.9. The molecule has 4 heteroatoms. The molecule has 0 aliphatic heterocycles. The predicted octanol–water partition coefficient (Wildman–Crippen LogP) is 3.49. The van der Waals surface area contributed by atoms with E-state index in [1.165, 1.54) is 0 Å². The molecule has 0 fully saturated rings. The number of nitrogens with one attached hydrogen (secondary N) is 1. The average molecular weight is 258 g/mol. The van der Waals surface area contributed by atoms with Crippen LogP contribution in [0.3, 0.4) is 0 Å². The minimum absolute atomic E-state index is 0.713.